The van der Waals surface area contributed by atoms with E-state index >= 15 is 0 Å². The number of pyridine rings is 1. The SMILES string of the molecule is O=C(Cn1ccc(=O)c2ccc(Cl)cc21)NC1CC1. The first kappa shape index (κ1) is 12.2. The van der Waals surface area contributed by atoms with Gasteiger partial charge in [-0.2, -0.15) is 0 Å². The molecule has 98 valence electrons. The van der Waals surface area contributed by atoms with Crippen LogP contribution in [0, 0.1) is 0 Å². The normalized spacial score (nSPS) is 14.6. The topological polar surface area (TPSA) is 51.1 Å². The maximum atomic E-state index is 11.8. The van der Waals surface area contributed by atoms with Crippen LogP contribution in [-0.2, 0) is 11.3 Å². The van der Waals surface area contributed by atoms with Crippen LogP contribution in [0.3, 0.4) is 0 Å². The second-order valence-electron chi connectivity index (χ2n) is 4.81. The van der Waals surface area contributed by atoms with Gasteiger partial charge in [0.25, 0.3) is 0 Å². The van der Waals surface area contributed by atoms with Gasteiger partial charge in [-0.1, -0.05) is 11.6 Å². The summed E-state index contributed by atoms with van der Waals surface area (Å²) in [4.78, 5) is 23.6. The number of rotatable bonds is 3. The summed E-state index contributed by atoms with van der Waals surface area (Å²) >= 11 is 5.96. The van der Waals surface area contributed by atoms with E-state index in [9.17, 15) is 9.59 Å². The Labute approximate surface area is 115 Å². The van der Waals surface area contributed by atoms with E-state index in [0.29, 0.717) is 22.0 Å². The summed E-state index contributed by atoms with van der Waals surface area (Å²) in [5.74, 6) is -0.0348. The van der Waals surface area contributed by atoms with Crippen molar-refractivity contribution in [2.24, 2.45) is 0 Å². The van der Waals surface area contributed by atoms with Crippen molar-refractivity contribution in [3.8, 4) is 0 Å². The molecule has 1 aliphatic rings. The fraction of sp³-hybridized carbons (Fsp3) is 0.286. The Morgan fingerprint density at radius 3 is 2.89 bits per heavy atom. The average molecular weight is 277 g/mol. The molecule has 19 heavy (non-hydrogen) atoms. The second-order valence-corrected chi connectivity index (χ2v) is 5.25. The number of hydrogen-bond donors (Lipinski definition) is 1. The standard InChI is InChI=1S/C14H13ClN2O2/c15-9-1-4-11-12(7-9)17(6-5-13(11)18)8-14(19)16-10-2-3-10/h1,4-7,10H,2-3,8H2,(H,16,19). The number of fused-ring (bicyclic) bond motifs is 1. The molecule has 1 aliphatic carbocycles. The maximum Gasteiger partial charge on any atom is 0.240 e. The van der Waals surface area contributed by atoms with Crippen molar-refractivity contribution in [2.75, 3.05) is 0 Å². The number of amides is 1. The average Bonchev–Trinajstić information content (AvgIpc) is 3.16. The predicted molar refractivity (Wildman–Crippen MR) is 74.4 cm³/mol. The summed E-state index contributed by atoms with van der Waals surface area (Å²) in [6, 6.07) is 6.89. The minimum atomic E-state index is -0.0643. The van der Waals surface area contributed by atoms with Crippen LogP contribution in [0.25, 0.3) is 10.9 Å². The van der Waals surface area contributed by atoms with E-state index in [-0.39, 0.29) is 17.9 Å². The van der Waals surface area contributed by atoms with Gasteiger partial charge in [0.15, 0.2) is 5.43 Å². The zero-order valence-electron chi connectivity index (χ0n) is 10.2. The van der Waals surface area contributed by atoms with Gasteiger partial charge in [-0.05, 0) is 31.0 Å². The lowest BCUT2D eigenvalue weighted by Gasteiger charge is -2.11. The number of benzene rings is 1. The van der Waals surface area contributed by atoms with Crippen molar-refractivity contribution in [3.63, 3.8) is 0 Å². The highest BCUT2D eigenvalue weighted by Crippen LogP contribution is 2.19. The van der Waals surface area contributed by atoms with Crippen LogP contribution in [0.1, 0.15) is 12.8 Å². The fourth-order valence-corrected chi connectivity index (χ4v) is 2.24. The number of halogens is 1. The van der Waals surface area contributed by atoms with E-state index < -0.39 is 0 Å². The third-order valence-corrected chi connectivity index (χ3v) is 3.43. The molecule has 0 saturated heterocycles. The first-order valence-corrected chi connectivity index (χ1v) is 6.59. The Morgan fingerprint density at radius 1 is 1.37 bits per heavy atom. The molecule has 1 saturated carbocycles. The highest BCUT2D eigenvalue weighted by Gasteiger charge is 2.23. The van der Waals surface area contributed by atoms with Crippen molar-refractivity contribution in [1.82, 2.24) is 9.88 Å². The molecule has 3 rings (SSSR count). The zero-order valence-corrected chi connectivity index (χ0v) is 11.0. The fourth-order valence-electron chi connectivity index (χ4n) is 2.07. The third-order valence-electron chi connectivity index (χ3n) is 3.20. The van der Waals surface area contributed by atoms with Gasteiger partial charge >= 0.3 is 0 Å². The number of carbonyl (C=O) groups is 1. The first-order chi connectivity index (χ1) is 9.13. The molecule has 0 spiro atoms. The predicted octanol–water partition coefficient (Wildman–Crippen LogP) is 1.93. The molecule has 1 amide bonds. The second kappa shape index (κ2) is 4.70. The molecule has 0 aliphatic heterocycles. The molecule has 0 radical (unpaired) electrons. The van der Waals surface area contributed by atoms with Crippen LogP contribution in [0.2, 0.25) is 5.02 Å². The van der Waals surface area contributed by atoms with Crippen LogP contribution in [0.5, 0.6) is 0 Å². The van der Waals surface area contributed by atoms with Gasteiger partial charge in [0.1, 0.15) is 6.54 Å². The molecule has 0 atom stereocenters. The lowest BCUT2D eigenvalue weighted by atomic mass is 10.2. The Kier molecular flexibility index (Phi) is 3.03. The molecule has 1 aromatic carbocycles. The van der Waals surface area contributed by atoms with Crippen LogP contribution >= 0.6 is 11.6 Å². The number of nitrogens with zero attached hydrogens (tertiary/aromatic N) is 1. The van der Waals surface area contributed by atoms with Crippen LogP contribution < -0.4 is 10.7 Å². The molecule has 4 nitrogen and oxygen atoms in total. The molecular weight excluding hydrogens is 264 g/mol. The summed E-state index contributed by atoms with van der Waals surface area (Å²) < 4.78 is 1.75. The highest BCUT2D eigenvalue weighted by atomic mass is 35.5. The van der Waals surface area contributed by atoms with Crippen molar-refractivity contribution >= 4 is 28.4 Å². The number of aromatic nitrogens is 1. The minimum Gasteiger partial charge on any atom is -0.352 e. The molecule has 2 aromatic rings. The monoisotopic (exact) mass is 276 g/mol. The highest BCUT2D eigenvalue weighted by molar-refractivity contribution is 6.31. The lowest BCUT2D eigenvalue weighted by Crippen LogP contribution is -2.29. The Balaban J connectivity index is 1.97. The first-order valence-electron chi connectivity index (χ1n) is 6.21. The largest absolute Gasteiger partial charge is 0.352 e. The van der Waals surface area contributed by atoms with Crippen molar-refractivity contribution in [3.05, 3.63) is 45.7 Å². The minimum absolute atomic E-state index is 0.0348. The molecule has 0 unspecified atom stereocenters. The summed E-state index contributed by atoms with van der Waals surface area (Å²) in [5.41, 5.74) is 0.622. The summed E-state index contributed by atoms with van der Waals surface area (Å²) in [6.45, 7) is 0.202. The van der Waals surface area contributed by atoms with Gasteiger partial charge in [-0.25, -0.2) is 0 Å². The Bertz CT molecular complexity index is 704. The Hall–Kier alpha value is -1.81. The van der Waals surface area contributed by atoms with E-state index in [1.807, 2.05) is 0 Å². The van der Waals surface area contributed by atoms with Crippen molar-refractivity contribution in [2.45, 2.75) is 25.4 Å². The van der Waals surface area contributed by atoms with Gasteiger partial charge in [0.05, 0.1) is 5.52 Å². The van der Waals surface area contributed by atoms with Crippen molar-refractivity contribution < 1.29 is 4.79 Å². The van der Waals surface area contributed by atoms with Crippen LogP contribution in [0.4, 0.5) is 0 Å². The summed E-state index contributed by atoms with van der Waals surface area (Å²) in [7, 11) is 0. The molecule has 1 N–H and O–H groups in total. The Morgan fingerprint density at radius 2 is 2.16 bits per heavy atom. The van der Waals surface area contributed by atoms with E-state index in [1.54, 1.807) is 29.0 Å². The number of nitrogens with one attached hydrogen (secondary N) is 1. The van der Waals surface area contributed by atoms with Gasteiger partial charge < -0.3 is 9.88 Å². The van der Waals surface area contributed by atoms with E-state index in [2.05, 4.69) is 5.32 Å². The van der Waals surface area contributed by atoms with E-state index in [4.69, 9.17) is 11.6 Å². The molecule has 1 aromatic heterocycles. The molecular formula is C14H13ClN2O2. The van der Waals surface area contributed by atoms with E-state index in [0.717, 1.165) is 12.8 Å². The number of carbonyl (C=O) groups excluding carboxylic acids is 1. The van der Waals surface area contributed by atoms with Gasteiger partial charge in [-0.15, -0.1) is 0 Å². The van der Waals surface area contributed by atoms with Gasteiger partial charge in [0, 0.05) is 28.7 Å². The zero-order chi connectivity index (χ0) is 13.4. The molecule has 0 bridgehead atoms. The van der Waals surface area contributed by atoms with E-state index in [1.165, 1.54) is 6.07 Å². The smallest absolute Gasteiger partial charge is 0.240 e. The maximum absolute atomic E-state index is 11.8. The third kappa shape index (κ3) is 2.63. The quantitative estimate of drug-likeness (QED) is 0.931. The van der Waals surface area contributed by atoms with Crippen LogP contribution in [-0.4, -0.2) is 16.5 Å². The summed E-state index contributed by atoms with van der Waals surface area (Å²) in [5, 5.41) is 4.05. The number of hydrogen-bond acceptors (Lipinski definition) is 2. The van der Waals surface area contributed by atoms with Gasteiger partial charge in [-0.3, -0.25) is 9.59 Å². The lowest BCUT2D eigenvalue weighted by molar-refractivity contribution is -0.121. The van der Waals surface area contributed by atoms with Crippen molar-refractivity contribution in [1.29, 1.82) is 0 Å². The molecule has 1 fully saturated rings. The molecule has 1 heterocycles. The van der Waals surface area contributed by atoms with Gasteiger partial charge in [0.2, 0.25) is 5.91 Å². The molecule has 5 heteroatoms. The summed E-state index contributed by atoms with van der Waals surface area (Å²) in [6.07, 6.45) is 3.75. The van der Waals surface area contributed by atoms with Crippen LogP contribution in [0.15, 0.2) is 35.3 Å².